The van der Waals surface area contributed by atoms with Gasteiger partial charge in [-0.25, -0.2) is 0 Å². The van der Waals surface area contributed by atoms with Gasteiger partial charge in [0.1, 0.15) is 177 Å². The van der Waals surface area contributed by atoms with Crippen molar-refractivity contribution in [3.8, 4) is 5.75 Å². The van der Waals surface area contributed by atoms with Gasteiger partial charge in [-0.15, -0.1) is 5.11 Å². The average Bonchev–Trinajstić information content (AvgIpc) is 0.786. The molecule has 14 bridgehead atoms. The first-order valence-electron chi connectivity index (χ1n) is 31.1. The summed E-state index contributed by atoms with van der Waals surface area (Å²) >= 11 is 0. The molecule has 40 heteroatoms. The Morgan fingerprint density at radius 3 is 0.887 bits per heavy atom. The zero-order chi connectivity index (χ0) is 69.8. The van der Waals surface area contributed by atoms with E-state index in [0.29, 0.717) is 5.69 Å². The Morgan fingerprint density at radius 1 is 0.330 bits per heavy atom. The van der Waals surface area contributed by atoms with E-state index in [1.54, 1.807) is 12.1 Å². The molecule has 21 saturated heterocycles. The molecule has 23 N–H and O–H groups in total. The van der Waals surface area contributed by atoms with Crippen molar-refractivity contribution < 1.29 is 178 Å². The van der Waals surface area contributed by atoms with E-state index in [-0.39, 0.29) is 30.1 Å². The van der Waals surface area contributed by atoms with Crippen molar-refractivity contribution in [3.05, 3.63) is 54.1 Å². The van der Waals surface area contributed by atoms with Crippen LogP contribution in [-0.2, 0) is 66.3 Å². The zero-order valence-electron chi connectivity index (χ0n) is 51.1. The number of benzene rings is 2. The van der Waals surface area contributed by atoms with Gasteiger partial charge in [-0.2, -0.15) is 5.11 Å². The van der Waals surface area contributed by atoms with Crippen LogP contribution in [0.4, 0.5) is 11.4 Å². The van der Waals surface area contributed by atoms with E-state index in [1.165, 1.54) is 36.4 Å². The molecule has 35 atom stereocenters. The second kappa shape index (κ2) is 33.4. The molecular formula is C57H84N4O36. The number of aliphatic hydroxyl groups excluding tert-OH is 20. The van der Waals surface area contributed by atoms with Gasteiger partial charge in [-0.3, -0.25) is 4.79 Å². The van der Waals surface area contributed by atoms with Gasteiger partial charge < -0.3 is 184 Å². The molecule has 1 amide bonds. The Balaban J connectivity index is 0.910. The van der Waals surface area contributed by atoms with Gasteiger partial charge in [0.2, 0.25) is 0 Å². The van der Waals surface area contributed by atoms with E-state index >= 15 is 0 Å². The minimum absolute atomic E-state index is 0.00167. The van der Waals surface area contributed by atoms with Crippen molar-refractivity contribution in [2.75, 3.05) is 59.3 Å². The highest BCUT2D eigenvalue weighted by Crippen LogP contribution is 2.39. The number of nitrogens with zero attached hydrogens (tertiary/aromatic N) is 2. The van der Waals surface area contributed by atoms with Crippen molar-refractivity contribution >= 4 is 17.3 Å². The van der Waals surface area contributed by atoms with Gasteiger partial charge in [0, 0.05) is 19.6 Å². The van der Waals surface area contributed by atoms with Gasteiger partial charge in [-0.1, -0.05) is 12.1 Å². The van der Waals surface area contributed by atoms with Crippen LogP contribution in [0, 0.1) is 0 Å². The third-order valence-corrected chi connectivity index (χ3v) is 17.8. The van der Waals surface area contributed by atoms with Crippen molar-refractivity contribution in [1.82, 2.24) is 10.6 Å². The van der Waals surface area contributed by atoms with Gasteiger partial charge in [-0.05, 0) is 36.4 Å². The number of hydrogen-bond donors (Lipinski definition) is 23. The van der Waals surface area contributed by atoms with Crippen molar-refractivity contribution in [1.29, 1.82) is 0 Å². The number of carbonyl (C=O) groups is 1. The number of hydrogen-bond acceptors (Lipinski definition) is 39. The summed E-state index contributed by atoms with van der Waals surface area (Å²) < 4.78 is 81.6. The quantitative estimate of drug-likeness (QED) is 0.0617. The molecule has 0 aromatic heterocycles. The normalized spacial score (nSPS) is 46.3. The first kappa shape index (κ1) is 75.6. The van der Waals surface area contributed by atoms with Crippen LogP contribution in [0.3, 0.4) is 0 Å². The molecular weight excluding hydrogens is 1320 g/mol. The molecule has 0 unspecified atom stereocenters. The number of phenols is 1. The smallest absolute Gasteiger partial charge is 0.253 e. The third-order valence-electron chi connectivity index (χ3n) is 17.8. The predicted molar refractivity (Wildman–Crippen MR) is 305 cm³/mol. The minimum Gasteiger partial charge on any atom is -0.508 e. The molecule has 2 aromatic carbocycles. The number of aliphatic hydroxyl groups is 20. The van der Waals surface area contributed by atoms with Gasteiger partial charge in [0.25, 0.3) is 5.91 Å². The maximum absolute atomic E-state index is 13.5. The molecule has 548 valence electrons. The maximum Gasteiger partial charge on any atom is 0.253 e. The lowest BCUT2D eigenvalue weighted by Crippen LogP contribution is -2.68. The molecule has 0 saturated carbocycles. The van der Waals surface area contributed by atoms with Gasteiger partial charge in [0.05, 0.1) is 56.6 Å². The highest BCUT2D eigenvalue weighted by molar-refractivity contribution is 5.98. The van der Waals surface area contributed by atoms with E-state index in [9.17, 15) is 112 Å². The van der Waals surface area contributed by atoms with Crippen molar-refractivity contribution in [2.24, 2.45) is 10.2 Å². The first-order valence-corrected chi connectivity index (χ1v) is 31.1. The monoisotopic (exact) mass is 1400 g/mol. The number of aromatic hydroxyl groups is 1. The molecule has 21 aliphatic rings. The Labute approximate surface area is 549 Å². The SMILES string of the molecule is O=C(NCCNC[C@H]1O[C@@H]2O[C@H]3[C@H](O)[C@@H](O)[C@@H](O[C@H]4[C@H](O)[C@@H](O)[C@@H](O[C@H]5[C@H](O)[C@@H](O)[C@@H](O[C@H]6[C@H](O)[C@@H](O)[C@@H](O[C@H]7[C@H](O)[C@@H](O)[C@@H](O[C@H]8[C@H](O)[C@@H](O)[C@@H](O[C@H]1[C@H](O)[C@H]2O)O[C@@H]8CO)O[C@@H]7CO)O[C@@H]6CO)O[C@@H]5CO)O[C@@H]4CO)O[C@@H]3CO)c1ccccc1N=Nc1ccc(O)cc1. The molecule has 2 aromatic rings. The van der Waals surface area contributed by atoms with Crippen LogP contribution in [0.5, 0.6) is 5.75 Å². The lowest BCUT2D eigenvalue weighted by Gasteiger charge is -2.50. The molecule has 23 rings (SSSR count). The fourth-order valence-electron chi connectivity index (χ4n) is 12.4. The summed E-state index contributed by atoms with van der Waals surface area (Å²) in [6, 6.07) is 12.0. The standard InChI is InChI=1S/C57H84N4O36/c62-12-23-44-31(71)38(78)53(86-23)94-46-25(14-64)88-55(40(80)33(46)73)96-48-27(16-66)90-57(42(82)35(48)75)97-49-28(17-67)89-56(41(81)34(49)74)95-47-26(15-65)87-54(39(79)32(47)72)93-45-24(13-63)85-52(37(77)30(45)70)91-43-22(84-51(92-44)36(76)29(43)69)11-58-9-10-59-50(83)20-3-1-2-4-21(20)61-60-18-5-7-19(68)8-6-18/h1-8,22-49,51-58,62-82H,9-17H2,(H,59,83)/t22-,23-,24-,25-,26-,27-,28-,29-,30-,31-,32-,33-,34-,35-,36-,37-,38-,39-,40-,41-,42-,43-,44-,45-,46-,47-,48-,49-,51-,52-,53-,54-,55-,56-,57-/m1/s1. The number of carbonyl (C=O) groups excluding carboxylic acids is 1. The topological polar surface area (TPSA) is 620 Å². The van der Waals surface area contributed by atoms with Crippen molar-refractivity contribution in [3.63, 3.8) is 0 Å². The van der Waals surface area contributed by atoms with Crippen molar-refractivity contribution in [2.45, 2.75) is 215 Å². The number of nitrogens with one attached hydrogen (secondary N) is 2. The second-order valence-electron chi connectivity index (χ2n) is 24.2. The lowest BCUT2D eigenvalue weighted by molar-refractivity contribution is -0.396. The number of phenolic OH excluding ortho intramolecular Hbond substituents is 1. The molecule has 0 radical (unpaired) electrons. The Bertz CT molecular complexity index is 2820. The molecule has 21 fully saturated rings. The summed E-state index contributed by atoms with van der Waals surface area (Å²) in [5.41, 5.74) is 0.663. The summed E-state index contributed by atoms with van der Waals surface area (Å²) in [6.45, 7) is -7.06. The van der Waals surface area contributed by atoms with Crippen LogP contribution in [-0.4, -0.2) is 387 Å². The molecule has 21 aliphatic heterocycles. The predicted octanol–water partition coefficient (Wildman–Crippen LogP) is -12.1. The Kier molecular flexibility index (Phi) is 26.0. The summed E-state index contributed by atoms with van der Waals surface area (Å²) in [4.78, 5) is 13.5. The van der Waals surface area contributed by atoms with Crippen LogP contribution in [0.15, 0.2) is 58.8 Å². The fraction of sp³-hybridized carbons (Fsp3) is 0.772. The van der Waals surface area contributed by atoms with E-state index in [1.807, 2.05) is 0 Å². The number of azo groups is 1. The second-order valence-corrected chi connectivity index (χ2v) is 24.2. The van der Waals surface area contributed by atoms with Crippen LogP contribution in [0.25, 0.3) is 0 Å². The molecule has 97 heavy (non-hydrogen) atoms. The maximum atomic E-state index is 13.5. The summed E-state index contributed by atoms with van der Waals surface area (Å²) in [6.07, 6.45) is -71.2. The third kappa shape index (κ3) is 16.2. The molecule has 0 spiro atoms. The summed E-state index contributed by atoms with van der Waals surface area (Å²) in [5, 5.41) is 249. The highest BCUT2D eigenvalue weighted by atomic mass is 16.8. The largest absolute Gasteiger partial charge is 0.508 e. The van der Waals surface area contributed by atoms with Crippen LogP contribution in [0.2, 0.25) is 0 Å². The van der Waals surface area contributed by atoms with E-state index in [4.69, 9.17) is 66.3 Å². The number of ether oxygens (including phenoxy) is 14. The molecule has 0 aliphatic carbocycles. The van der Waals surface area contributed by atoms with Crippen LogP contribution >= 0.6 is 0 Å². The molecule has 40 nitrogen and oxygen atoms in total. The van der Waals surface area contributed by atoms with E-state index in [0.717, 1.165) is 0 Å². The highest BCUT2D eigenvalue weighted by Gasteiger charge is 2.59. The van der Waals surface area contributed by atoms with E-state index < -0.39 is 267 Å². The molecule has 21 heterocycles. The zero-order valence-corrected chi connectivity index (χ0v) is 51.1. The summed E-state index contributed by atoms with van der Waals surface area (Å²) in [7, 11) is 0. The summed E-state index contributed by atoms with van der Waals surface area (Å²) in [5.74, 6) is -0.602. The van der Waals surface area contributed by atoms with Gasteiger partial charge >= 0.3 is 0 Å². The van der Waals surface area contributed by atoms with E-state index in [2.05, 4.69) is 20.9 Å². The fourth-order valence-corrected chi connectivity index (χ4v) is 12.4. The number of rotatable bonds is 14. The Hall–Kier alpha value is -4.09. The van der Waals surface area contributed by atoms with Crippen LogP contribution in [0.1, 0.15) is 10.4 Å². The van der Waals surface area contributed by atoms with Gasteiger partial charge in [0.15, 0.2) is 44.0 Å². The minimum atomic E-state index is -2.25. The first-order chi connectivity index (χ1) is 46.4. The number of amides is 1. The van der Waals surface area contributed by atoms with Crippen LogP contribution < -0.4 is 10.6 Å². The lowest BCUT2D eigenvalue weighted by atomic mass is 9.95. The Morgan fingerprint density at radius 2 is 0.598 bits per heavy atom. The average molecular weight is 1400 g/mol.